The van der Waals surface area contributed by atoms with E-state index in [9.17, 15) is 24.5 Å². The Morgan fingerprint density at radius 3 is 2.52 bits per heavy atom. The molecule has 0 saturated heterocycles. The summed E-state index contributed by atoms with van der Waals surface area (Å²) in [5, 5.41) is 13.4. The van der Waals surface area contributed by atoms with Gasteiger partial charge >= 0.3 is 5.97 Å². The molecule has 0 heterocycles. The molecule has 0 aliphatic rings. The molecule has 9 nitrogen and oxygen atoms in total. The van der Waals surface area contributed by atoms with Gasteiger partial charge in [-0.1, -0.05) is 12.1 Å². The van der Waals surface area contributed by atoms with Crippen LogP contribution >= 0.6 is 0 Å². The normalized spacial score (nSPS) is 11.3. The molecule has 0 radical (unpaired) electrons. The first kappa shape index (κ1) is 19.6. The number of nitrogens with zero attached hydrogens (tertiary/aromatic N) is 1. The molecule has 2 rings (SSSR count). The standard InChI is InChI=1S/C18H17N3O6/c1-10(22)12-4-3-5-13(8-12)20-17(23)11(2)27-18(24)15-9-14(21(25)26)6-7-16(15)19/h3-9,11H,19H2,1-2H3,(H,20,23)/t11-/m1/s1. The molecule has 3 N–H and O–H groups in total. The number of amides is 1. The zero-order valence-electron chi connectivity index (χ0n) is 14.6. The summed E-state index contributed by atoms with van der Waals surface area (Å²) in [7, 11) is 0. The van der Waals surface area contributed by atoms with Crippen molar-refractivity contribution in [2.24, 2.45) is 0 Å². The van der Waals surface area contributed by atoms with E-state index in [1.807, 2.05) is 0 Å². The van der Waals surface area contributed by atoms with Crippen molar-refractivity contribution in [1.29, 1.82) is 0 Å². The van der Waals surface area contributed by atoms with E-state index in [2.05, 4.69) is 5.32 Å². The number of nitrogens with one attached hydrogen (secondary N) is 1. The Morgan fingerprint density at radius 1 is 1.19 bits per heavy atom. The number of nitrogen functional groups attached to an aromatic ring is 1. The van der Waals surface area contributed by atoms with Crippen molar-refractivity contribution in [3.05, 3.63) is 63.7 Å². The third-order valence-electron chi connectivity index (χ3n) is 3.66. The Balaban J connectivity index is 2.09. The van der Waals surface area contributed by atoms with Crippen molar-refractivity contribution in [2.75, 3.05) is 11.1 Å². The molecule has 0 aliphatic heterocycles. The van der Waals surface area contributed by atoms with Gasteiger partial charge in [0.15, 0.2) is 11.9 Å². The van der Waals surface area contributed by atoms with Crippen LogP contribution in [0.15, 0.2) is 42.5 Å². The van der Waals surface area contributed by atoms with Crippen molar-refractivity contribution < 1.29 is 24.0 Å². The van der Waals surface area contributed by atoms with Crippen LogP contribution in [0.2, 0.25) is 0 Å². The number of Topliss-reactive ketones (excluding diaryl/α,β-unsaturated/α-hetero) is 1. The van der Waals surface area contributed by atoms with Gasteiger partial charge in [0, 0.05) is 29.1 Å². The van der Waals surface area contributed by atoms with Crippen LogP contribution in [0.25, 0.3) is 0 Å². The van der Waals surface area contributed by atoms with Gasteiger partial charge in [0.1, 0.15) is 0 Å². The highest BCUT2D eigenvalue weighted by molar-refractivity contribution is 6.01. The van der Waals surface area contributed by atoms with Crippen LogP contribution in [0.1, 0.15) is 34.6 Å². The topological polar surface area (TPSA) is 142 Å². The average Bonchev–Trinajstić information content (AvgIpc) is 2.61. The second-order valence-corrected chi connectivity index (χ2v) is 5.70. The number of nitro groups is 1. The van der Waals surface area contributed by atoms with Crippen molar-refractivity contribution in [3.63, 3.8) is 0 Å². The number of ketones is 1. The number of nitro benzene ring substituents is 1. The number of hydrogen-bond donors (Lipinski definition) is 2. The number of hydrogen-bond acceptors (Lipinski definition) is 7. The molecule has 1 amide bonds. The number of non-ortho nitro benzene ring substituents is 1. The number of carbonyl (C=O) groups excluding carboxylic acids is 3. The Bertz CT molecular complexity index is 925. The molecule has 140 valence electrons. The van der Waals surface area contributed by atoms with Crippen LogP contribution in [0, 0.1) is 10.1 Å². The molecule has 9 heteroatoms. The van der Waals surface area contributed by atoms with Crippen LogP contribution < -0.4 is 11.1 Å². The van der Waals surface area contributed by atoms with Gasteiger partial charge in [-0.15, -0.1) is 0 Å². The first-order valence-corrected chi connectivity index (χ1v) is 7.86. The van der Waals surface area contributed by atoms with E-state index in [-0.39, 0.29) is 22.7 Å². The lowest BCUT2D eigenvalue weighted by molar-refractivity contribution is -0.384. The first-order chi connectivity index (χ1) is 12.7. The maximum atomic E-state index is 12.2. The maximum absolute atomic E-state index is 12.2. The summed E-state index contributed by atoms with van der Waals surface area (Å²) in [5.74, 6) is -1.75. The molecule has 0 bridgehead atoms. The smallest absolute Gasteiger partial charge is 0.341 e. The van der Waals surface area contributed by atoms with Gasteiger partial charge < -0.3 is 15.8 Å². The van der Waals surface area contributed by atoms with Gasteiger partial charge in [0.2, 0.25) is 0 Å². The number of anilines is 2. The summed E-state index contributed by atoms with van der Waals surface area (Å²) in [6.07, 6.45) is -1.20. The maximum Gasteiger partial charge on any atom is 0.341 e. The number of ether oxygens (including phenoxy) is 1. The monoisotopic (exact) mass is 371 g/mol. The third kappa shape index (κ3) is 4.88. The molecule has 0 fully saturated rings. The quantitative estimate of drug-likeness (QED) is 0.261. The summed E-state index contributed by atoms with van der Waals surface area (Å²) in [5.41, 5.74) is 5.90. The van der Waals surface area contributed by atoms with Gasteiger partial charge in [-0.05, 0) is 32.0 Å². The minimum absolute atomic E-state index is 0.00707. The van der Waals surface area contributed by atoms with Gasteiger partial charge in [-0.2, -0.15) is 0 Å². The fraction of sp³-hybridized carbons (Fsp3) is 0.167. The van der Waals surface area contributed by atoms with Gasteiger partial charge in [-0.25, -0.2) is 4.79 Å². The highest BCUT2D eigenvalue weighted by Gasteiger charge is 2.22. The van der Waals surface area contributed by atoms with Crippen molar-refractivity contribution in [3.8, 4) is 0 Å². The second kappa shape index (κ2) is 8.09. The second-order valence-electron chi connectivity index (χ2n) is 5.70. The molecule has 2 aromatic carbocycles. The lowest BCUT2D eigenvalue weighted by atomic mass is 10.1. The molecular formula is C18H17N3O6. The molecule has 0 saturated carbocycles. The van der Waals surface area contributed by atoms with Crippen molar-refractivity contribution in [1.82, 2.24) is 0 Å². The van der Waals surface area contributed by atoms with Crippen LogP contribution in [-0.4, -0.2) is 28.7 Å². The highest BCUT2D eigenvalue weighted by Crippen LogP contribution is 2.21. The minimum atomic E-state index is -1.20. The molecule has 27 heavy (non-hydrogen) atoms. The van der Waals surface area contributed by atoms with Gasteiger partial charge in [-0.3, -0.25) is 19.7 Å². The molecule has 0 unspecified atom stereocenters. The van der Waals surface area contributed by atoms with Crippen molar-refractivity contribution >= 4 is 34.7 Å². The van der Waals surface area contributed by atoms with E-state index < -0.39 is 22.9 Å². The average molecular weight is 371 g/mol. The number of carbonyl (C=O) groups is 3. The zero-order chi connectivity index (χ0) is 20.1. The molecule has 1 atom stereocenters. The molecule has 0 aliphatic carbocycles. The summed E-state index contributed by atoms with van der Waals surface area (Å²) in [4.78, 5) is 45.9. The minimum Gasteiger partial charge on any atom is -0.449 e. The van der Waals surface area contributed by atoms with E-state index in [0.717, 1.165) is 12.1 Å². The van der Waals surface area contributed by atoms with Gasteiger partial charge in [0.25, 0.3) is 11.6 Å². The number of nitrogens with two attached hydrogens (primary N) is 1. The lowest BCUT2D eigenvalue weighted by Gasteiger charge is -2.14. The van der Waals surface area contributed by atoms with Crippen LogP contribution in [0.5, 0.6) is 0 Å². The highest BCUT2D eigenvalue weighted by atomic mass is 16.6. The fourth-order valence-electron chi connectivity index (χ4n) is 2.17. The summed E-state index contributed by atoms with van der Waals surface area (Å²) >= 11 is 0. The first-order valence-electron chi connectivity index (χ1n) is 7.86. The number of esters is 1. The number of rotatable bonds is 6. The van der Waals surface area contributed by atoms with Crippen molar-refractivity contribution in [2.45, 2.75) is 20.0 Å². The van der Waals surface area contributed by atoms with E-state index in [4.69, 9.17) is 10.5 Å². The van der Waals surface area contributed by atoms with E-state index in [1.165, 1.54) is 26.0 Å². The van der Waals surface area contributed by atoms with E-state index >= 15 is 0 Å². The molecule has 2 aromatic rings. The van der Waals surface area contributed by atoms with E-state index in [0.29, 0.717) is 11.3 Å². The predicted molar refractivity (Wildman–Crippen MR) is 97.5 cm³/mol. The molecular weight excluding hydrogens is 354 g/mol. The largest absolute Gasteiger partial charge is 0.449 e. The van der Waals surface area contributed by atoms with Crippen LogP contribution in [0.3, 0.4) is 0 Å². The third-order valence-corrected chi connectivity index (χ3v) is 3.66. The summed E-state index contributed by atoms with van der Waals surface area (Å²) in [6.45, 7) is 2.74. The van der Waals surface area contributed by atoms with E-state index in [1.54, 1.807) is 18.2 Å². The van der Waals surface area contributed by atoms with Crippen LogP contribution in [0.4, 0.5) is 17.1 Å². The Kier molecular flexibility index (Phi) is 5.86. The Morgan fingerprint density at radius 2 is 1.89 bits per heavy atom. The lowest BCUT2D eigenvalue weighted by Crippen LogP contribution is -2.30. The zero-order valence-corrected chi connectivity index (χ0v) is 14.6. The molecule has 0 spiro atoms. The summed E-state index contributed by atoms with van der Waals surface area (Å²) < 4.78 is 5.04. The summed E-state index contributed by atoms with van der Waals surface area (Å²) in [6, 6.07) is 9.64. The number of benzene rings is 2. The van der Waals surface area contributed by atoms with Gasteiger partial charge in [0.05, 0.1) is 10.5 Å². The Hall–Kier alpha value is -3.75. The Labute approximate surface area is 154 Å². The SMILES string of the molecule is CC(=O)c1cccc(NC(=O)[C@@H](C)OC(=O)c2cc([N+](=O)[O-])ccc2N)c1. The van der Waals surface area contributed by atoms with Crippen LogP contribution in [-0.2, 0) is 9.53 Å². The fourth-order valence-corrected chi connectivity index (χ4v) is 2.17. The molecule has 0 aromatic heterocycles. The predicted octanol–water partition coefficient (Wildman–Crippen LogP) is 2.56.